The minimum Gasteiger partial charge on any atom is -0.496 e. The molecule has 0 unspecified atom stereocenters. The summed E-state index contributed by atoms with van der Waals surface area (Å²) in [5.41, 5.74) is 5.29. The zero-order chi connectivity index (χ0) is 24.6. The van der Waals surface area contributed by atoms with Gasteiger partial charge in [-0.2, -0.15) is 0 Å². The van der Waals surface area contributed by atoms with Crippen LogP contribution in [0, 0.1) is 12.7 Å². The molecule has 0 fully saturated rings. The molecule has 1 aliphatic heterocycles. The van der Waals surface area contributed by atoms with Gasteiger partial charge in [0.15, 0.2) is 0 Å². The molecule has 1 amide bonds. The summed E-state index contributed by atoms with van der Waals surface area (Å²) >= 11 is 0. The van der Waals surface area contributed by atoms with E-state index in [-0.39, 0.29) is 11.7 Å². The SMILES string of the molecule is COc1ccc(C)cc1NCc1c(-c2ccc(F)cc2OC)ccc2c1N(C)C(=O)C(C)(C)N2. The number of carbonyl (C=O) groups is 1. The van der Waals surface area contributed by atoms with Gasteiger partial charge in [0, 0.05) is 30.8 Å². The number of halogens is 1. The zero-order valence-electron chi connectivity index (χ0n) is 20.4. The monoisotopic (exact) mass is 463 g/mol. The third kappa shape index (κ3) is 4.14. The fourth-order valence-corrected chi connectivity index (χ4v) is 4.49. The summed E-state index contributed by atoms with van der Waals surface area (Å²) in [6, 6.07) is 14.3. The van der Waals surface area contributed by atoms with Crippen molar-refractivity contribution in [2.45, 2.75) is 32.9 Å². The third-order valence-corrected chi connectivity index (χ3v) is 6.17. The predicted octanol–water partition coefficient (Wildman–Crippen LogP) is 5.60. The summed E-state index contributed by atoms with van der Waals surface area (Å²) in [6.45, 7) is 6.14. The molecule has 7 heteroatoms. The number of nitrogens with zero attached hydrogens (tertiary/aromatic N) is 1. The molecule has 34 heavy (non-hydrogen) atoms. The third-order valence-electron chi connectivity index (χ3n) is 6.17. The number of hydrogen-bond donors (Lipinski definition) is 2. The number of nitrogens with one attached hydrogen (secondary N) is 2. The van der Waals surface area contributed by atoms with E-state index in [0.717, 1.165) is 45.1 Å². The molecule has 178 valence electrons. The molecular formula is C27H30FN3O3. The maximum Gasteiger partial charge on any atom is 0.251 e. The van der Waals surface area contributed by atoms with Gasteiger partial charge in [-0.15, -0.1) is 0 Å². The van der Waals surface area contributed by atoms with Crippen molar-refractivity contribution in [3.05, 3.63) is 65.5 Å². The lowest BCUT2D eigenvalue weighted by atomic mass is 9.91. The summed E-state index contributed by atoms with van der Waals surface area (Å²) < 4.78 is 25.0. The molecule has 2 N–H and O–H groups in total. The minimum absolute atomic E-state index is 0.0439. The fourth-order valence-electron chi connectivity index (χ4n) is 4.49. The van der Waals surface area contributed by atoms with Crippen molar-refractivity contribution in [2.24, 2.45) is 0 Å². The van der Waals surface area contributed by atoms with E-state index in [0.29, 0.717) is 12.3 Å². The van der Waals surface area contributed by atoms with E-state index < -0.39 is 5.54 Å². The average Bonchev–Trinajstić information content (AvgIpc) is 2.81. The Labute approximate surface area is 199 Å². The van der Waals surface area contributed by atoms with Crippen LogP contribution in [0.3, 0.4) is 0 Å². The van der Waals surface area contributed by atoms with E-state index >= 15 is 0 Å². The first-order chi connectivity index (χ1) is 16.2. The van der Waals surface area contributed by atoms with Gasteiger partial charge in [0.2, 0.25) is 0 Å². The molecule has 6 nitrogen and oxygen atoms in total. The number of aryl methyl sites for hydroxylation is 1. The van der Waals surface area contributed by atoms with Crippen LogP contribution >= 0.6 is 0 Å². The normalized spacial score (nSPS) is 14.3. The molecular weight excluding hydrogens is 433 g/mol. The number of fused-ring (bicyclic) bond motifs is 1. The number of amides is 1. The van der Waals surface area contributed by atoms with Crippen LogP contribution in [0.4, 0.5) is 21.5 Å². The topological polar surface area (TPSA) is 62.8 Å². The van der Waals surface area contributed by atoms with Gasteiger partial charge in [-0.1, -0.05) is 12.1 Å². The zero-order valence-corrected chi connectivity index (χ0v) is 20.4. The van der Waals surface area contributed by atoms with Crippen LogP contribution in [0.25, 0.3) is 11.1 Å². The number of ether oxygens (including phenoxy) is 2. The summed E-state index contributed by atoms with van der Waals surface area (Å²) in [6.07, 6.45) is 0. The first kappa shape index (κ1) is 23.4. The number of likely N-dealkylation sites (N-methyl/N-ethyl adjacent to an activating group) is 1. The van der Waals surface area contributed by atoms with Gasteiger partial charge in [0.05, 0.1) is 31.3 Å². The number of carbonyl (C=O) groups excluding carboxylic acids is 1. The Morgan fingerprint density at radius 3 is 2.41 bits per heavy atom. The number of rotatable bonds is 6. The number of benzene rings is 3. The molecule has 0 saturated carbocycles. The van der Waals surface area contributed by atoms with E-state index in [4.69, 9.17) is 9.47 Å². The molecule has 4 rings (SSSR count). The van der Waals surface area contributed by atoms with Crippen molar-refractivity contribution in [1.82, 2.24) is 0 Å². The second-order valence-electron chi connectivity index (χ2n) is 9.00. The Morgan fingerprint density at radius 2 is 1.71 bits per heavy atom. The highest BCUT2D eigenvalue weighted by atomic mass is 19.1. The van der Waals surface area contributed by atoms with E-state index in [1.807, 2.05) is 51.1 Å². The van der Waals surface area contributed by atoms with E-state index in [9.17, 15) is 9.18 Å². The first-order valence-corrected chi connectivity index (χ1v) is 11.1. The van der Waals surface area contributed by atoms with Crippen LogP contribution in [-0.2, 0) is 11.3 Å². The Morgan fingerprint density at radius 1 is 1.00 bits per heavy atom. The van der Waals surface area contributed by atoms with E-state index in [2.05, 4.69) is 10.6 Å². The highest BCUT2D eigenvalue weighted by Crippen LogP contribution is 2.44. The van der Waals surface area contributed by atoms with Crippen LogP contribution in [0.5, 0.6) is 11.5 Å². The summed E-state index contributed by atoms with van der Waals surface area (Å²) in [5.74, 6) is 0.725. The highest BCUT2D eigenvalue weighted by Gasteiger charge is 2.38. The van der Waals surface area contributed by atoms with Crippen molar-refractivity contribution in [2.75, 3.05) is 36.8 Å². The van der Waals surface area contributed by atoms with Crippen molar-refractivity contribution in [3.63, 3.8) is 0 Å². The van der Waals surface area contributed by atoms with Crippen molar-refractivity contribution in [3.8, 4) is 22.6 Å². The molecule has 0 spiro atoms. The largest absolute Gasteiger partial charge is 0.496 e. The van der Waals surface area contributed by atoms with Crippen LogP contribution < -0.4 is 25.0 Å². The van der Waals surface area contributed by atoms with Crippen LogP contribution in [0.2, 0.25) is 0 Å². The lowest BCUT2D eigenvalue weighted by Gasteiger charge is -2.40. The van der Waals surface area contributed by atoms with Crippen LogP contribution in [0.15, 0.2) is 48.5 Å². The van der Waals surface area contributed by atoms with Crippen LogP contribution in [-0.4, -0.2) is 32.7 Å². The molecule has 1 heterocycles. The molecule has 3 aromatic rings. The quantitative estimate of drug-likeness (QED) is 0.498. The smallest absolute Gasteiger partial charge is 0.251 e. The molecule has 0 aromatic heterocycles. The summed E-state index contributed by atoms with van der Waals surface area (Å²) in [4.78, 5) is 14.8. The van der Waals surface area contributed by atoms with Gasteiger partial charge in [-0.3, -0.25) is 4.79 Å². The molecule has 1 aliphatic rings. The van der Waals surface area contributed by atoms with Crippen molar-refractivity contribution < 1.29 is 18.7 Å². The maximum absolute atomic E-state index is 13.9. The second kappa shape index (κ2) is 8.89. The van der Waals surface area contributed by atoms with Crippen molar-refractivity contribution >= 4 is 23.0 Å². The van der Waals surface area contributed by atoms with Gasteiger partial charge >= 0.3 is 0 Å². The number of hydrogen-bond acceptors (Lipinski definition) is 5. The van der Waals surface area contributed by atoms with Gasteiger partial charge in [-0.05, 0) is 62.2 Å². The maximum atomic E-state index is 13.9. The average molecular weight is 464 g/mol. The fraction of sp³-hybridized carbons (Fsp3) is 0.296. The second-order valence-corrected chi connectivity index (χ2v) is 9.00. The molecule has 0 saturated heterocycles. The van der Waals surface area contributed by atoms with Gasteiger partial charge < -0.3 is 25.0 Å². The lowest BCUT2D eigenvalue weighted by Crippen LogP contribution is -2.52. The number of anilines is 3. The molecule has 3 aromatic carbocycles. The molecule has 0 aliphatic carbocycles. The molecule has 0 atom stereocenters. The summed E-state index contributed by atoms with van der Waals surface area (Å²) in [5, 5.41) is 6.85. The molecule has 0 bridgehead atoms. The Kier molecular flexibility index (Phi) is 6.13. The Balaban J connectivity index is 1.89. The predicted molar refractivity (Wildman–Crippen MR) is 135 cm³/mol. The lowest BCUT2D eigenvalue weighted by molar-refractivity contribution is -0.121. The first-order valence-electron chi connectivity index (χ1n) is 11.1. The Hall–Kier alpha value is -3.74. The van der Waals surface area contributed by atoms with E-state index in [1.54, 1.807) is 25.1 Å². The molecule has 0 radical (unpaired) electrons. The van der Waals surface area contributed by atoms with Gasteiger partial charge in [0.25, 0.3) is 5.91 Å². The summed E-state index contributed by atoms with van der Waals surface area (Å²) in [7, 11) is 4.94. The highest BCUT2D eigenvalue weighted by molar-refractivity contribution is 6.09. The van der Waals surface area contributed by atoms with Gasteiger partial charge in [-0.25, -0.2) is 4.39 Å². The minimum atomic E-state index is -0.735. The number of methoxy groups -OCH3 is 2. The van der Waals surface area contributed by atoms with Crippen molar-refractivity contribution in [1.29, 1.82) is 0 Å². The van der Waals surface area contributed by atoms with Gasteiger partial charge in [0.1, 0.15) is 22.9 Å². The van der Waals surface area contributed by atoms with E-state index in [1.165, 1.54) is 19.2 Å². The van der Waals surface area contributed by atoms with Crippen LogP contribution in [0.1, 0.15) is 25.0 Å². The standard InChI is InChI=1S/C27H30FN3O3/c1-16-7-12-23(33-5)22(13-16)29-15-20-18(19-9-8-17(28)14-24(19)34-6)10-11-21-25(20)31(4)26(32)27(2,3)30-21/h7-14,29-30H,15H2,1-6H3. The Bertz CT molecular complexity index is 1260.